The van der Waals surface area contributed by atoms with E-state index in [1.165, 1.54) is 0 Å². The van der Waals surface area contributed by atoms with Crippen molar-refractivity contribution >= 4 is 16.7 Å². The van der Waals surface area contributed by atoms with Gasteiger partial charge in [-0.05, 0) is 19.1 Å². The molecule has 88 valence electrons. The minimum atomic E-state index is 0.485. The maximum absolute atomic E-state index is 5.77. The first kappa shape index (κ1) is 10.7. The second-order valence-electron chi connectivity index (χ2n) is 4.13. The minimum absolute atomic E-state index is 0.485. The molecule has 3 aromatic rings. The number of hydrogen-bond donors (Lipinski definition) is 1. The Kier molecular flexibility index (Phi) is 2.41. The second-order valence-corrected chi connectivity index (χ2v) is 4.13. The number of pyridine rings is 1. The molecule has 18 heavy (non-hydrogen) atoms. The highest BCUT2D eigenvalue weighted by Crippen LogP contribution is 2.25. The summed E-state index contributed by atoms with van der Waals surface area (Å²) in [5.74, 6) is 1.13. The van der Waals surface area contributed by atoms with Crippen LogP contribution in [0, 0.1) is 6.92 Å². The first-order chi connectivity index (χ1) is 8.74. The van der Waals surface area contributed by atoms with Crippen LogP contribution in [0.5, 0.6) is 0 Å². The van der Waals surface area contributed by atoms with Crippen LogP contribution in [-0.2, 0) is 0 Å². The van der Waals surface area contributed by atoms with Crippen LogP contribution in [0.3, 0.4) is 0 Å². The molecule has 0 bridgehead atoms. The van der Waals surface area contributed by atoms with Crippen molar-refractivity contribution in [2.45, 2.75) is 6.92 Å². The van der Waals surface area contributed by atoms with Crippen molar-refractivity contribution in [3.8, 4) is 11.4 Å². The molecule has 0 aliphatic carbocycles. The SMILES string of the molecule is Cc1cc(N)nc(-c2ccnc3ccccc23)n1. The smallest absolute Gasteiger partial charge is 0.162 e. The number of aryl methyl sites for hydroxylation is 1. The van der Waals surface area contributed by atoms with E-state index in [1.807, 2.05) is 37.3 Å². The van der Waals surface area contributed by atoms with Gasteiger partial charge in [-0.3, -0.25) is 4.98 Å². The summed E-state index contributed by atoms with van der Waals surface area (Å²) in [5.41, 5.74) is 8.52. The standard InChI is InChI=1S/C14H12N4/c1-9-8-13(15)18-14(17-9)11-6-7-16-12-5-3-2-4-10(11)12/h2-8H,1H3,(H2,15,17,18). The fraction of sp³-hybridized carbons (Fsp3) is 0.0714. The first-order valence-electron chi connectivity index (χ1n) is 5.69. The third-order valence-electron chi connectivity index (χ3n) is 2.76. The van der Waals surface area contributed by atoms with Crippen LogP contribution in [0.15, 0.2) is 42.6 Å². The largest absolute Gasteiger partial charge is 0.384 e. The van der Waals surface area contributed by atoms with E-state index in [9.17, 15) is 0 Å². The molecule has 0 radical (unpaired) electrons. The average molecular weight is 236 g/mol. The number of rotatable bonds is 1. The summed E-state index contributed by atoms with van der Waals surface area (Å²) in [6.07, 6.45) is 1.76. The fourth-order valence-electron chi connectivity index (χ4n) is 2.00. The van der Waals surface area contributed by atoms with E-state index in [0.29, 0.717) is 11.6 Å². The monoisotopic (exact) mass is 236 g/mol. The van der Waals surface area contributed by atoms with Gasteiger partial charge in [0.2, 0.25) is 0 Å². The van der Waals surface area contributed by atoms with Crippen LogP contribution >= 0.6 is 0 Å². The van der Waals surface area contributed by atoms with E-state index in [4.69, 9.17) is 5.73 Å². The Bertz CT molecular complexity index is 696. The molecule has 4 nitrogen and oxygen atoms in total. The van der Waals surface area contributed by atoms with Crippen molar-refractivity contribution < 1.29 is 0 Å². The molecule has 4 heteroatoms. The Labute approximate surface area is 105 Å². The van der Waals surface area contributed by atoms with Gasteiger partial charge in [0.05, 0.1) is 5.52 Å². The third-order valence-corrected chi connectivity index (χ3v) is 2.76. The number of aromatic nitrogens is 3. The molecule has 0 aliphatic heterocycles. The van der Waals surface area contributed by atoms with Crippen LogP contribution in [0.2, 0.25) is 0 Å². The summed E-state index contributed by atoms with van der Waals surface area (Å²) in [5, 5.41) is 1.03. The average Bonchev–Trinajstić information content (AvgIpc) is 2.37. The lowest BCUT2D eigenvalue weighted by atomic mass is 10.1. The Morgan fingerprint density at radius 2 is 1.89 bits per heavy atom. The van der Waals surface area contributed by atoms with Gasteiger partial charge in [0, 0.05) is 28.9 Å². The Balaban J connectivity index is 2.31. The van der Waals surface area contributed by atoms with Crippen molar-refractivity contribution in [2.24, 2.45) is 0 Å². The molecule has 0 spiro atoms. The van der Waals surface area contributed by atoms with Gasteiger partial charge in [0.15, 0.2) is 5.82 Å². The predicted molar refractivity (Wildman–Crippen MR) is 71.9 cm³/mol. The van der Waals surface area contributed by atoms with Gasteiger partial charge in [-0.25, -0.2) is 9.97 Å². The molecule has 1 aromatic carbocycles. The summed E-state index contributed by atoms with van der Waals surface area (Å²) in [7, 11) is 0. The zero-order chi connectivity index (χ0) is 12.5. The Morgan fingerprint density at radius 3 is 2.72 bits per heavy atom. The van der Waals surface area contributed by atoms with E-state index in [2.05, 4.69) is 15.0 Å². The highest BCUT2D eigenvalue weighted by atomic mass is 14.9. The summed E-state index contributed by atoms with van der Waals surface area (Å²) in [6.45, 7) is 1.91. The second kappa shape index (κ2) is 4.07. The van der Waals surface area contributed by atoms with Gasteiger partial charge in [0.1, 0.15) is 5.82 Å². The molecule has 0 aliphatic rings. The minimum Gasteiger partial charge on any atom is -0.384 e. The lowest BCUT2D eigenvalue weighted by Crippen LogP contribution is -1.98. The number of nitrogen functional groups attached to an aromatic ring is 1. The van der Waals surface area contributed by atoms with Gasteiger partial charge in [0.25, 0.3) is 0 Å². The van der Waals surface area contributed by atoms with E-state index in [-0.39, 0.29) is 0 Å². The number of fused-ring (bicyclic) bond motifs is 1. The van der Waals surface area contributed by atoms with E-state index >= 15 is 0 Å². The normalized spacial score (nSPS) is 10.7. The number of benzene rings is 1. The van der Waals surface area contributed by atoms with Gasteiger partial charge < -0.3 is 5.73 Å². The molecule has 2 N–H and O–H groups in total. The lowest BCUT2D eigenvalue weighted by molar-refractivity contribution is 1.12. The highest BCUT2D eigenvalue weighted by molar-refractivity contribution is 5.92. The summed E-state index contributed by atoms with van der Waals surface area (Å²) < 4.78 is 0. The number of nitrogens with two attached hydrogens (primary N) is 1. The van der Waals surface area contributed by atoms with Crippen molar-refractivity contribution in [1.29, 1.82) is 0 Å². The maximum Gasteiger partial charge on any atom is 0.162 e. The maximum atomic E-state index is 5.77. The Hall–Kier alpha value is -2.49. The highest BCUT2D eigenvalue weighted by Gasteiger charge is 2.07. The molecule has 0 saturated carbocycles. The summed E-state index contributed by atoms with van der Waals surface area (Å²) >= 11 is 0. The molecule has 0 amide bonds. The Morgan fingerprint density at radius 1 is 1.06 bits per heavy atom. The first-order valence-corrected chi connectivity index (χ1v) is 5.69. The number of hydrogen-bond acceptors (Lipinski definition) is 4. The van der Waals surface area contributed by atoms with Gasteiger partial charge in [-0.2, -0.15) is 0 Å². The van der Waals surface area contributed by atoms with Crippen molar-refractivity contribution in [1.82, 2.24) is 15.0 Å². The van der Waals surface area contributed by atoms with Crippen LogP contribution in [0.1, 0.15) is 5.69 Å². The number of nitrogens with zero attached hydrogens (tertiary/aromatic N) is 3. The predicted octanol–water partition coefficient (Wildman–Crippen LogP) is 2.58. The van der Waals surface area contributed by atoms with E-state index < -0.39 is 0 Å². The molecule has 0 unspecified atom stereocenters. The molecule has 3 rings (SSSR count). The van der Waals surface area contributed by atoms with Crippen molar-refractivity contribution in [3.63, 3.8) is 0 Å². The van der Waals surface area contributed by atoms with Crippen LogP contribution in [0.25, 0.3) is 22.3 Å². The van der Waals surface area contributed by atoms with Gasteiger partial charge in [-0.15, -0.1) is 0 Å². The van der Waals surface area contributed by atoms with E-state index in [0.717, 1.165) is 22.2 Å². The third kappa shape index (κ3) is 1.78. The molecule has 0 atom stereocenters. The molecular formula is C14H12N4. The molecule has 2 aromatic heterocycles. The van der Waals surface area contributed by atoms with Crippen LogP contribution < -0.4 is 5.73 Å². The van der Waals surface area contributed by atoms with Gasteiger partial charge >= 0.3 is 0 Å². The van der Waals surface area contributed by atoms with Gasteiger partial charge in [-0.1, -0.05) is 18.2 Å². The fourth-order valence-corrected chi connectivity index (χ4v) is 2.00. The zero-order valence-electron chi connectivity index (χ0n) is 9.96. The topological polar surface area (TPSA) is 64.7 Å². The molecule has 0 saturated heterocycles. The molecular weight excluding hydrogens is 224 g/mol. The zero-order valence-corrected chi connectivity index (χ0v) is 9.96. The quantitative estimate of drug-likeness (QED) is 0.705. The lowest BCUT2D eigenvalue weighted by Gasteiger charge is -2.06. The number of para-hydroxylation sites is 1. The van der Waals surface area contributed by atoms with E-state index in [1.54, 1.807) is 12.3 Å². The number of anilines is 1. The van der Waals surface area contributed by atoms with Crippen molar-refractivity contribution in [3.05, 3.63) is 48.3 Å². The molecule has 2 heterocycles. The van der Waals surface area contributed by atoms with Crippen molar-refractivity contribution in [2.75, 3.05) is 5.73 Å². The van der Waals surface area contributed by atoms with Crippen LogP contribution in [-0.4, -0.2) is 15.0 Å². The molecule has 0 fully saturated rings. The summed E-state index contributed by atoms with van der Waals surface area (Å²) in [6, 6.07) is 11.6. The summed E-state index contributed by atoms with van der Waals surface area (Å²) in [4.78, 5) is 13.1. The van der Waals surface area contributed by atoms with Crippen LogP contribution in [0.4, 0.5) is 5.82 Å².